The Bertz CT molecular complexity index is 586. The van der Waals surface area contributed by atoms with Gasteiger partial charge in [-0.05, 0) is 30.7 Å². The standard InChI is InChI=1S/C18H21IO3/c1-14-6-5-8-16(12-14)21-11-10-18(19)22-13-15-7-3-4-9-17(15)20-2/h3-9,12,18H,10-11,13H2,1-2H3. The maximum absolute atomic E-state index is 5.86. The molecule has 0 amide bonds. The number of halogens is 1. The highest BCUT2D eigenvalue weighted by molar-refractivity contribution is 14.1. The molecule has 0 radical (unpaired) electrons. The number of methoxy groups -OCH3 is 1. The molecule has 0 spiro atoms. The smallest absolute Gasteiger partial charge is 0.124 e. The fraction of sp³-hybridized carbons (Fsp3) is 0.333. The minimum atomic E-state index is 0.104. The Labute approximate surface area is 145 Å². The molecule has 0 bridgehead atoms. The van der Waals surface area contributed by atoms with Gasteiger partial charge in [0, 0.05) is 12.0 Å². The van der Waals surface area contributed by atoms with Crippen molar-refractivity contribution < 1.29 is 14.2 Å². The Balaban J connectivity index is 1.73. The number of alkyl halides is 1. The predicted octanol–water partition coefficient (Wildman–Crippen LogP) is 4.75. The largest absolute Gasteiger partial charge is 0.496 e. The summed E-state index contributed by atoms with van der Waals surface area (Å²) in [6.07, 6.45) is 0.837. The first kappa shape index (κ1) is 17.1. The lowest BCUT2D eigenvalue weighted by Crippen LogP contribution is -2.10. The molecule has 0 aliphatic carbocycles. The van der Waals surface area contributed by atoms with Crippen molar-refractivity contribution in [2.75, 3.05) is 13.7 Å². The summed E-state index contributed by atoms with van der Waals surface area (Å²) in [5.41, 5.74) is 2.27. The SMILES string of the molecule is COc1ccccc1COC(I)CCOc1cccc(C)c1. The zero-order valence-corrected chi connectivity index (χ0v) is 15.1. The van der Waals surface area contributed by atoms with Crippen LogP contribution in [0.25, 0.3) is 0 Å². The molecule has 0 saturated carbocycles. The summed E-state index contributed by atoms with van der Waals surface area (Å²) in [6, 6.07) is 16.0. The van der Waals surface area contributed by atoms with Crippen LogP contribution in [-0.4, -0.2) is 17.8 Å². The number of rotatable bonds is 8. The minimum absolute atomic E-state index is 0.104. The van der Waals surface area contributed by atoms with Crippen LogP contribution < -0.4 is 9.47 Å². The molecular formula is C18H21IO3. The molecule has 4 heteroatoms. The van der Waals surface area contributed by atoms with E-state index in [-0.39, 0.29) is 4.11 Å². The van der Waals surface area contributed by atoms with E-state index in [1.807, 2.05) is 42.5 Å². The molecule has 0 fully saturated rings. The van der Waals surface area contributed by atoms with Crippen molar-refractivity contribution >= 4 is 22.6 Å². The molecule has 0 aliphatic heterocycles. The van der Waals surface area contributed by atoms with Gasteiger partial charge in [0.1, 0.15) is 15.6 Å². The summed E-state index contributed by atoms with van der Waals surface area (Å²) in [5.74, 6) is 1.77. The second kappa shape index (κ2) is 9.00. The van der Waals surface area contributed by atoms with Gasteiger partial charge in [0.05, 0.1) is 20.3 Å². The van der Waals surface area contributed by atoms with Gasteiger partial charge in [0.25, 0.3) is 0 Å². The number of benzene rings is 2. The first-order valence-electron chi connectivity index (χ1n) is 7.26. The van der Waals surface area contributed by atoms with Crippen molar-refractivity contribution in [3.63, 3.8) is 0 Å². The van der Waals surface area contributed by atoms with Crippen LogP contribution in [0.4, 0.5) is 0 Å². The number of para-hydroxylation sites is 1. The molecule has 0 aromatic heterocycles. The number of hydrogen-bond donors (Lipinski definition) is 0. The highest BCUT2D eigenvalue weighted by Crippen LogP contribution is 2.21. The van der Waals surface area contributed by atoms with Crippen LogP contribution in [0.3, 0.4) is 0 Å². The molecule has 0 aliphatic rings. The van der Waals surface area contributed by atoms with Crippen LogP contribution in [0.15, 0.2) is 48.5 Å². The molecular weight excluding hydrogens is 391 g/mol. The number of hydrogen-bond acceptors (Lipinski definition) is 3. The molecule has 3 nitrogen and oxygen atoms in total. The highest BCUT2D eigenvalue weighted by Gasteiger charge is 2.08. The first-order valence-corrected chi connectivity index (χ1v) is 8.50. The predicted molar refractivity (Wildman–Crippen MR) is 96.9 cm³/mol. The zero-order valence-electron chi connectivity index (χ0n) is 12.9. The van der Waals surface area contributed by atoms with Crippen LogP contribution in [-0.2, 0) is 11.3 Å². The Kier molecular flexibility index (Phi) is 6.99. The van der Waals surface area contributed by atoms with Gasteiger partial charge in [0.2, 0.25) is 0 Å². The summed E-state index contributed by atoms with van der Waals surface area (Å²) >= 11 is 2.30. The van der Waals surface area contributed by atoms with Crippen molar-refractivity contribution in [1.29, 1.82) is 0 Å². The Hall–Kier alpha value is -1.27. The van der Waals surface area contributed by atoms with Gasteiger partial charge in [-0.25, -0.2) is 0 Å². The van der Waals surface area contributed by atoms with Gasteiger partial charge >= 0.3 is 0 Å². The minimum Gasteiger partial charge on any atom is -0.496 e. The van der Waals surface area contributed by atoms with Crippen molar-refractivity contribution in [2.24, 2.45) is 0 Å². The van der Waals surface area contributed by atoms with E-state index in [0.717, 1.165) is 23.5 Å². The molecule has 0 heterocycles. The lowest BCUT2D eigenvalue weighted by molar-refractivity contribution is 0.0922. The zero-order chi connectivity index (χ0) is 15.8. The van der Waals surface area contributed by atoms with Crippen LogP contribution in [0.2, 0.25) is 0 Å². The second-order valence-electron chi connectivity index (χ2n) is 4.99. The molecule has 0 saturated heterocycles. The third kappa shape index (κ3) is 5.50. The van der Waals surface area contributed by atoms with E-state index in [0.29, 0.717) is 13.2 Å². The van der Waals surface area contributed by atoms with Gasteiger partial charge < -0.3 is 14.2 Å². The fourth-order valence-electron chi connectivity index (χ4n) is 2.06. The third-order valence-corrected chi connectivity index (χ3v) is 4.20. The number of ether oxygens (including phenoxy) is 3. The van der Waals surface area contributed by atoms with E-state index >= 15 is 0 Å². The quantitative estimate of drug-likeness (QED) is 0.463. The Morgan fingerprint density at radius 2 is 1.91 bits per heavy atom. The van der Waals surface area contributed by atoms with Gasteiger partial charge in [-0.2, -0.15) is 0 Å². The van der Waals surface area contributed by atoms with E-state index in [9.17, 15) is 0 Å². The molecule has 1 atom stereocenters. The summed E-state index contributed by atoms with van der Waals surface area (Å²) in [6.45, 7) is 3.25. The van der Waals surface area contributed by atoms with Gasteiger partial charge in [-0.1, -0.05) is 52.9 Å². The molecule has 2 aromatic rings. The third-order valence-electron chi connectivity index (χ3n) is 3.22. The van der Waals surface area contributed by atoms with E-state index in [2.05, 4.69) is 35.6 Å². The summed E-state index contributed by atoms with van der Waals surface area (Å²) in [7, 11) is 1.68. The van der Waals surface area contributed by atoms with Gasteiger partial charge in [-0.3, -0.25) is 0 Å². The van der Waals surface area contributed by atoms with E-state index < -0.39 is 0 Å². The maximum Gasteiger partial charge on any atom is 0.124 e. The van der Waals surface area contributed by atoms with Crippen LogP contribution in [0.5, 0.6) is 11.5 Å². The average Bonchev–Trinajstić information content (AvgIpc) is 2.53. The molecule has 0 N–H and O–H groups in total. The van der Waals surface area contributed by atoms with Crippen molar-refractivity contribution in [3.05, 3.63) is 59.7 Å². The van der Waals surface area contributed by atoms with Crippen LogP contribution >= 0.6 is 22.6 Å². The van der Waals surface area contributed by atoms with Crippen molar-refractivity contribution in [1.82, 2.24) is 0 Å². The maximum atomic E-state index is 5.86. The second-order valence-corrected chi connectivity index (χ2v) is 6.38. The highest BCUT2D eigenvalue weighted by atomic mass is 127. The van der Waals surface area contributed by atoms with Gasteiger partial charge in [-0.15, -0.1) is 0 Å². The van der Waals surface area contributed by atoms with Crippen molar-refractivity contribution in [2.45, 2.75) is 24.1 Å². The van der Waals surface area contributed by atoms with Crippen LogP contribution in [0.1, 0.15) is 17.5 Å². The summed E-state index contributed by atoms with van der Waals surface area (Å²) in [4.78, 5) is 0. The van der Waals surface area contributed by atoms with Crippen LogP contribution in [0, 0.1) is 6.92 Å². The summed E-state index contributed by atoms with van der Waals surface area (Å²) in [5, 5.41) is 0. The van der Waals surface area contributed by atoms with E-state index in [4.69, 9.17) is 14.2 Å². The normalized spacial score (nSPS) is 12.0. The molecule has 2 aromatic carbocycles. The molecule has 22 heavy (non-hydrogen) atoms. The molecule has 118 valence electrons. The topological polar surface area (TPSA) is 27.7 Å². The lowest BCUT2D eigenvalue weighted by Gasteiger charge is -2.14. The van der Waals surface area contributed by atoms with E-state index in [1.165, 1.54) is 5.56 Å². The average molecular weight is 412 g/mol. The fourth-order valence-corrected chi connectivity index (χ4v) is 2.49. The monoisotopic (exact) mass is 412 g/mol. The van der Waals surface area contributed by atoms with E-state index in [1.54, 1.807) is 7.11 Å². The van der Waals surface area contributed by atoms with Gasteiger partial charge in [0.15, 0.2) is 0 Å². The van der Waals surface area contributed by atoms with Crippen molar-refractivity contribution in [3.8, 4) is 11.5 Å². The number of aryl methyl sites for hydroxylation is 1. The Morgan fingerprint density at radius 3 is 2.68 bits per heavy atom. The lowest BCUT2D eigenvalue weighted by atomic mass is 10.2. The molecule has 1 unspecified atom stereocenters. The summed E-state index contributed by atoms with van der Waals surface area (Å²) < 4.78 is 17.0. The Morgan fingerprint density at radius 1 is 1.09 bits per heavy atom. The molecule has 2 rings (SSSR count). The first-order chi connectivity index (χ1) is 10.7.